The van der Waals surface area contributed by atoms with Crippen LogP contribution >= 0.6 is 0 Å². The van der Waals surface area contributed by atoms with Crippen LogP contribution in [0.3, 0.4) is 0 Å². The molecule has 0 heterocycles. The normalized spacial score (nSPS) is 12.0. The van der Waals surface area contributed by atoms with Crippen molar-refractivity contribution in [1.82, 2.24) is 0 Å². The Balaban J connectivity index is 2.08. The average molecular weight is 286 g/mol. The fourth-order valence-corrected chi connectivity index (χ4v) is 2.13. The Morgan fingerprint density at radius 1 is 1.19 bits per heavy atom. The van der Waals surface area contributed by atoms with Gasteiger partial charge in [-0.2, -0.15) is 0 Å². The largest absolute Gasteiger partial charge is 0.485 e. The molecule has 1 atom stereocenters. The van der Waals surface area contributed by atoms with Crippen molar-refractivity contribution in [3.05, 3.63) is 65.5 Å². The van der Waals surface area contributed by atoms with E-state index in [1.165, 1.54) is 18.2 Å². The van der Waals surface area contributed by atoms with E-state index in [2.05, 4.69) is 13.8 Å². The number of carbonyl (C=O) groups is 1. The van der Waals surface area contributed by atoms with Gasteiger partial charge in [0.1, 0.15) is 11.6 Å². The zero-order chi connectivity index (χ0) is 15.2. The van der Waals surface area contributed by atoms with Crippen molar-refractivity contribution in [1.29, 1.82) is 0 Å². The molecule has 2 aromatic rings. The summed E-state index contributed by atoms with van der Waals surface area (Å²) in [6.45, 7) is 4.15. The van der Waals surface area contributed by atoms with Crippen LogP contribution in [0.25, 0.3) is 0 Å². The summed E-state index contributed by atoms with van der Waals surface area (Å²) in [5.41, 5.74) is 1.42. The molecule has 0 N–H and O–H groups in total. The number of benzene rings is 2. The second-order valence-electron chi connectivity index (χ2n) is 5.07. The molecule has 3 heteroatoms. The van der Waals surface area contributed by atoms with Crippen LogP contribution in [0.2, 0.25) is 0 Å². The molecule has 0 amide bonds. The number of rotatable bonds is 6. The Labute approximate surface area is 124 Å². The van der Waals surface area contributed by atoms with Gasteiger partial charge in [-0.05, 0) is 36.1 Å². The second-order valence-corrected chi connectivity index (χ2v) is 5.07. The van der Waals surface area contributed by atoms with Crippen LogP contribution in [0.5, 0.6) is 5.75 Å². The molecule has 2 rings (SSSR count). The van der Waals surface area contributed by atoms with E-state index in [1.54, 1.807) is 6.07 Å². The molecule has 0 aliphatic carbocycles. The van der Waals surface area contributed by atoms with Crippen LogP contribution in [0.15, 0.2) is 48.5 Å². The lowest BCUT2D eigenvalue weighted by Gasteiger charge is -2.15. The maximum atomic E-state index is 13.1. The molecular weight excluding hydrogens is 267 g/mol. The molecule has 0 bridgehead atoms. The minimum Gasteiger partial charge on any atom is -0.485 e. The van der Waals surface area contributed by atoms with E-state index in [0.29, 0.717) is 11.5 Å². The summed E-state index contributed by atoms with van der Waals surface area (Å²) in [6.07, 6.45) is 0.998. The summed E-state index contributed by atoms with van der Waals surface area (Å²) in [6, 6.07) is 13.4. The third-order valence-electron chi connectivity index (χ3n) is 3.57. The molecule has 2 aromatic carbocycles. The lowest BCUT2D eigenvalue weighted by molar-refractivity contribution is 0.0920. The Morgan fingerprint density at radius 3 is 2.67 bits per heavy atom. The van der Waals surface area contributed by atoms with Gasteiger partial charge in [0, 0.05) is 5.56 Å². The maximum absolute atomic E-state index is 13.1. The van der Waals surface area contributed by atoms with Crippen molar-refractivity contribution < 1.29 is 13.9 Å². The number of ketones is 1. The molecule has 0 radical (unpaired) electrons. The summed E-state index contributed by atoms with van der Waals surface area (Å²) in [4.78, 5) is 12.0. The van der Waals surface area contributed by atoms with Crippen LogP contribution in [0.1, 0.15) is 42.1 Å². The predicted octanol–water partition coefficient (Wildman–Crippen LogP) is 4.60. The van der Waals surface area contributed by atoms with Gasteiger partial charge in [0.25, 0.3) is 0 Å². The third kappa shape index (κ3) is 3.91. The molecule has 0 spiro atoms. The first kappa shape index (κ1) is 15.2. The van der Waals surface area contributed by atoms with Gasteiger partial charge in [0.2, 0.25) is 0 Å². The van der Waals surface area contributed by atoms with Crippen molar-refractivity contribution >= 4 is 5.78 Å². The van der Waals surface area contributed by atoms with E-state index in [1.807, 2.05) is 24.3 Å². The van der Waals surface area contributed by atoms with Crippen LogP contribution in [0, 0.1) is 5.82 Å². The summed E-state index contributed by atoms with van der Waals surface area (Å²) in [5, 5.41) is 0. The number of Topliss-reactive ketones (excluding diaryl/α,β-unsaturated/α-hetero) is 1. The zero-order valence-corrected chi connectivity index (χ0v) is 12.3. The molecule has 2 nitrogen and oxygen atoms in total. The Bertz CT molecular complexity index is 622. The zero-order valence-electron chi connectivity index (χ0n) is 12.3. The number of hydrogen-bond donors (Lipinski definition) is 0. The first-order valence-corrected chi connectivity index (χ1v) is 7.12. The van der Waals surface area contributed by atoms with Crippen molar-refractivity contribution in [2.24, 2.45) is 0 Å². The first-order valence-electron chi connectivity index (χ1n) is 7.12. The number of hydrogen-bond acceptors (Lipinski definition) is 2. The standard InChI is InChI=1S/C18H19FO2/c1-3-13(2)16-9-4-5-10-18(16)21-12-17(20)14-7-6-8-15(19)11-14/h4-11,13H,3,12H2,1-2H3. The quantitative estimate of drug-likeness (QED) is 0.725. The number of para-hydroxylation sites is 1. The molecule has 0 aliphatic heterocycles. The van der Waals surface area contributed by atoms with Gasteiger partial charge in [-0.1, -0.05) is 44.2 Å². The van der Waals surface area contributed by atoms with Gasteiger partial charge in [-0.15, -0.1) is 0 Å². The topological polar surface area (TPSA) is 26.3 Å². The van der Waals surface area contributed by atoms with E-state index in [0.717, 1.165) is 17.7 Å². The molecular formula is C18H19FO2. The smallest absolute Gasteiger partial charge is 0.200 e. The highest BCUT2D eigenvalue weighted by Crippen LogP contribution is 2.28. The van der Waals surface area contributed by atoms with Crippen LogP contribution < -0.4 is 4.74 Å². The van der Waals surface area contributed by atoms with E-state index in [4.69, 9.17) is 4.74 Å². The van der Waals surface area contributed by atoms with Gasteiger partial charge in [0.05, 0.1) is 0 Å². The maximum Gasteiger partial charge on any atom is 0.200 e. The minimum atomic E-state index is -0.416. The highest BCUT2D eigenvalue weighted by Gasteiger charge is 2.12. The van der Waals surface area contributed by atoms with Crippen molar-refractivity contribution in [3.8, 4) is 5.75 Å². The SMILES string of the molecule is CCC(C)c1ccccc1OCC(=O)c1cccc(F)c1. The van der Waals surface area contributed by atoms with E-state index >= 15 is 0 Å². The van der Waals surface area contributed by atoms with Gasteiger partial charge < -0.3 is 4.74 Å². The van der Waals surface area contributed by atoms with Crippen molar-refractivity contribution in [2.75, 3.05) is 6.61 Å². The number of halogens is 1. The monoisotopic (exact) mass is 286 g/mol. The lowest BCUT2D eigenvalue weighted by atomic mass is 9.98. The average Bonchev–Trinajstić information content (AvgIpc) is 2.52. The predicted molar refractivity (Wildman–Crippen MR) is 81.4 cm³/mol. The van der Waals surface area contributed by atoms with Gasteiger partial charge in [-0.25, -0.2) is 4.39 Å². The minimum absolute atomic E-state index is 0.0864. The summed E-state index contributed by atoms with van der Waals surface area (Å²) >= 11 is 0. The summed E-state index contributed by atoms with van der Waals surface area (Å²) < 4.78 is 18.8. The summed E-state index contributed by atoms with van der Waals surface area (Å²) in [7, 11) is 0. The molecule has 110 valence electrons. The van der Waals surface area contributed by atoms with Gasteiger partial charge in [-0.3, -0.25) is 4.79 Å². The Kier molecular flexibility index (Phi) is 5.09. The summed E-state index contributed by atoms with van der Waals surface area (Å²) in [5.74, 6) is 0.441. The Morgan fingerprint density at radius 2 is 1.95 bits per heavy atom. The van der Waals surface area contributed by atoms with E-state index < -0.39 is 5.82 Å². The number of ether oxygens (including phenoxy) is 1. The molecule has 0 fully saturated rings. The number of carbonyl (C=O) groups excluding carboxylic acids is 1. The van der Waals surface area contributed by atoms with Crippen LogP contribution in [-0.2, 0) is 0 Å². The highest BCUT2D eigenvalue weighted by atomic mass is 19.1. The highest BCUT2D eigenvalue weighted by molar-refractivity contribution is 5.97. The van der Waals surface area contributed by atoms with Crippen LogP contribution in [-0.4, -0.2) is 12.4 Å². The molecule has 0 saturated heterocycles. The fraction of sp³-hybridized carbons (Fsp3) is 0.278. The molecule has 0 saturated carbocycles. The molecule has 0 aliphatic rings. The molecule has 1 unspecified atom stereocenters. The molecule has 21 heavy (non-hydrogen) atoms. The van der Waals surface area contributed by atoms with E-state index in [-0.39, 0.29) is 12.4 Å². The fourth-order valence-electron chi connectivity index (χ4n) is 2.13. The van der Waals surface area contributed by atoms with Gasteiger partial charge >= 0.3 is 0 Å². The van der Waals surface area contributed by atoms with Crippen molar-refractivity contribution in [3.63, 3.8) is 0 Å². The third-order valence-corrected chi connectivity index (χ3v) is 3.57. The van der Waals surface area contributed by atoms with Crippen molar-refractivity contribution in [2.45, 2.75) is 26.2 Å². The Hall–Kier alpha value is -2.16. The molecule has 0 aromatic heterocycles. The van der Waals surface area contributed by atoms with Crippen LogP contribution in [0.4, 0.5) is 4.39 Å². The van der Waals surface area contributed by atoms with Gasteiger partial charge in [0.15, 0.2) is 12.4 Å². The second kappa shape index (κ2) is 7.02. The lowest BCUT2D eigenvalue weighted by Crippen LogP contribution is -2.13. The van der Waals surface area contributed by atoms with E-state index in [9.17, 15) is 9.18 Å². The first-order chi connectivity index (χ1) is 10.1.